The van der Waals surface area contributed by atoms with Crippen LogP contribution in [0.4, 0.5) is 17.6 Å². The predicted octanol–water partition coefficient (Wildman–Crippen LogP) is 4.95. The predicted molar refractivity (Wildman–Crippen MR) is 163 cm³/mol. The molecule has 244 valence electrons. The maximum Gasteiger partial charge on any atom is 0.424 e. The van der Waals surface area contributed by atoms with Crippen LogP contribution in [-0.4, -0.2) is 58.0 Å². The van der Waals surface area contributed by atoms with Crippen molar-refractivity contribution >= 4 is 38.8 Å². The van der Waals surface area contributed by atoms with Crippen molar-refractivity contribution in [1.29, 1.82) is 0 Å². The molecular weight excluding hydrogens is 642 g/mol. The van der Waals surface area contributed by atoms with Crippen molar-refractivity contribution in [3.8, 4) is 22.9 Å². The van der Waals surface area contributed by atoms with Gasteiger partial charge in [-0.25, -0.2) is 13.9 Å². The lowest BCUT2D eigenvalue weighted by Crippen LogP contribution is -2.51. The summed E-state index contributed by atoms with van der Waals surface area (Å²) in [5.41, 5.74) is 0.809. The lowest BCUT2D eigenvalue weighted by Gasteiger charge is -2.31. The molecule has 2 atom stereocenters. The molecule has 1 unspecified atom stereocenters. The molecular formula is C32H27F4N5O5S. The molecule has 15 heteroatoms. The summed E-state index contributed by atoms with van der Waals surface area (Å²) < 4.78 is 72.2. The molecule has 1 fully saturated rings. The highest BCUT2D eigenvalue weighted by molar-refractivity contribution is 7.17. The summed E-state index contributed by atoms with van der Waals surface area (Å²) in [6.07, 6.45) is -3.40. The zero-order chi connectivity index (χ0) is 33.5. The highest BCUT2D eigenvalue weighted by atomic mass is 32.1. The first-order chi connectivity index (χ1) is 22.2. The first kappa shape index (κ1) is 30.9. The first-order valence-electron chi connectivity index (χ1n) is 14.5. The van der Waals surface area contributed by atoms with Crippen LogP contribution >= 0.6 is 11.3 Å². The number of nitrogens with zero attached hydrogens (tertiary/aromatic N) is 3. The first-order valence-corrected chi connectivity index (χ1v) is 15.4. The van der Waals surface area contributed by atoms with E-state index in [0.717, 1.165) is 35.9 Å². The lowest BCUT2D eigenvalue weighted by atomic mass is 9.81. The van der Waals surface area contributed by atoms with Gasteiger partial charge in [0.15, 0.2) is 0 Å². The van der Waals surface area contributed by atoms with Gasteiger partial charge in [-0.3, -0.25) is 9.59 Å². The van der Waals surface area contributed by atoms with Crippen LogP contribution in [0.15, 0.2) is 47.8 Å². The Morgan fingerprint density at radius 1 is 1.23 bits per heavy atom. The van der Waals surface area contributed by atoms with Gasteiger partial charge in [0.05, 0.1) is 35.3 Å². The molecule has 1 saturated carbocycles. The van der Waals surface area contributed by atoms with Gasteiger partial charge in [0.1, 0.15) is 29.3 Å². The van der Waals surface area contributed by atoms with Gasteiger partial charge in [-0.2, -0.15) is 18.3 Å². The molecule has 5 aromatic rings. The van der Waals surface area contributed by atoms with E-state index in [2.05, 4.69) is 15.4 Å². The number of alkyl halides is 3. The van der Waals surface area contributed by atoms with Gasteiger partial charge in [-0.15, -0.1) is 11.3 Å². The Kier molecular flexibility index (Phi) is 6.99. The summed E-state index contributed by atoms with van der Waals surface area (Å²) in [7, 11) is 1.38. The Morgan fingerprint density at radius 3 is 2.68 bits per heavy atom. The highest BCUT2D eigenvalue weighted by Gasteiger charge is 2.58. The van der Waals surface area contributed by atoms with Gasteiger partial charge in [0.25, 0.3) is 5.91 Å². The van der Waals surface area contributed by atoms with E-state index in [9.17, 15) is 32.3 Å². The number of nitrogens with two attached hydrogens (primary N) is 1. The quantitative estimate of drug-likeness (QED) is 0.199. The molecule has 0 radical (unpaired) electrons. The normalized spacial score (nSPS) is 19.0. The van der Waals surface area contributed by atoms with Crippen molar-refractivity contribution in [2.75, 3.05) is 20.3 Å². The Bertz CT molecular complexity index is 2110. The van der Waals surface area contributed by atoms with Crippen LogP contribution in [0.25, 0.3) is 26.9 Å². The molecule has 4 N–H and O–H groups in total. The number of ether oxygens (including phenoxy) is 2. The van der Waals surface area contributed by atoms with Crippen LogP contribution in [0.1, 0.15) is 53.0 Å². The number of hydrogen-bond acceptors (Lipinski definition) is 8. The molecule has 0 saturated heterocycles. The summed E-state index contributed by atoms with van der Waals surface area (Å²) in [6, 6.07) is 9.77. The van der Waals surface area contributed by atoms with Gasteiger partial charge in [-0.05, 0) is 44.0 Å². The summed E-state index contributed by atoms with van der Waals surface area (Å²) >= 11 is 1.01. The SMILES string of the molecule is COc1cc(C(=O)NCC(O)(c2cc3c(c(-c4csc5c(F)cccc45)n2)OC[C@]3(C)C(N)=O)C(F)(F)F)cc2cc(C3CC3)nn12. The number of pyridine rings is 2. The average Bonchev–Trinajstić information content (AvgIpc) is 3.48. The molecule has 5 heterocycles. The molecule has 1 aliphatic carbocycles. The van der Waals surface area contributed by atoms with Crippen LogP contribution in [0.3, 0.4) is 0 Å². The fourth-order valence-corrected chi connectivity index (χ4v) is 6.74. The van der Waals surface area contributed by atoms with E-state index in [1.54, 1.807) is 12.1 Å². The number of nitrogens with one attached hydrogen (secondary N) is 1. The number of carbonyl (C=O) groups is 2. The summed E-state index contributed by atoms with van der Waals surface area (Å²) in [6.45, 7) is -0.230. The van der Waals surface area contributed by atoms with Crippen molar-refractivity contribution in [2.24, 2.45) is 5.73 Å². The van der Waals surface area contributed by atoms with Crippen molar-refractivity contribution in [3.05, 3.63) is 76.2 Å². The number of fused-ring (bicyclic) bond motifs is 3. The average molecular weight is 670 g/mol. The van der Waals surface area contributed by atoms with E-state index in [0.29, 0.717) is 16.8 Å². The van der Waals surface area contributed by atoms with E-state index in [4.69, 9.17) is 15.2 Å². The molecule has 7 rings (SSSR count). The maximum atomic E-state index is 14.9. The molecule has 2 amide bonds. The molecule has 47 heavy (non-hydrogen) atoms. The highest BCUT2D eigenvalue weighted by Crippen LogP contribution is 2.49. The molecule has 10 nitrogen and oxygen atoms in total. The molecule has 0 spiro atoms. The lowest BCUT2D eigenvalue weighted by molar-refractivity contribution is -0.265. The van der Waals surface area contributed by atoms with Crippen LogP contribution < -0.4 is 20.5 Å². The zero-order valence-corrected chi connectivity index (χ0v) is 25.8. The number of thiophene rings is 1. The third-order valence-electron chi connectivity index (χ3n) is 8.83. The maximum absolute atomic E-state index is 14.9. The van der Waals surface area contributed by atoms with Gasteiger partial charge in [0.2, 0.25) is 17.4 Å². The topological polar surface area (TPSA) is 141 Å². The number of aliphatic hydroxyl groups is 1. The van der Waals surface area contributed by atoms with Crippen LogP contribution in [-0.2, 0) is 15.8 Å². The second-order valence-corrected chi connectivity index (χ2v) is 12.9. The van der Waals surface area contributed by atoms with E-state index in [-0.39, 0.29) is 45.3 Å². The van der Waals surface area contributed by atoms with Gasteiger partial charge >= 0.3 is 6.18 Å². The van der Waals surface area contributed by atoms with E-state index in [1.165, 1.54) is 48.2 Å². The van der Waals surface area contributed by atoms with Crippen LogP contribution in [0.2, 0.25) is 0 Å². The minimum atomic E-state index is -5.36. The summed E-state index contributed by atoms with van der Waals surface area (Å²) in [4.78, 5) is 30.1. The monoisotopic (exact) mass is 669 g/mol. The number of amides is 2. The number of benzene rings is 1. The largest absolute Gasteiger partial charge is 0.489 e. The fraction of sp³-hybridized carbons (Fsp3) is 0.312. The summed E-state index contributed by atoms with van der Waals surface area (Å²) in [5.74, 6) is -1.86. The molecule has 2 aliphatic rings. The second kappa shape index (κ2) is 10.6. The standard InChI is InChI=1S/C32H27F4N5O5S/c1-30(29(37)43)14-46-26-20(30)11-23(39-25(26)19-12-47-27-18(19)4-3-5-21(27)33)31(44,32(34,35)36)13-38-28(42)16-8-17-10-22(15-6-7-15)40-41(17)24(9-16)45-2/h3-5,8-12,15,44H,6-7,13-14H2,1-2H3,(H2,37,43)(H,38,42)/t30-,31?/m0/s1. The Morgan fingerprint density at radius 2 is 2.00 bits per heavy atom. The third kappa shape index (κ3) is 4.87. The van der Waals surface area contributed by atoms with E-state index >= 15 is 0 Å². The Labute approximate surface area is 268 Å². The Hall–Kier alpha value is -4.76. The van der Waals surface area contributed by atoms with Gasteiger partial charge < -0.3 is 25.6 Å². The number of rotatable bonds is 8. The van der Waals surface area contributed by atoms with Crippen molar-refractivity contribution in [1.82, 2.24) is 19.9 Å². The molecule has 4 aromatic heterocycles. The zero-order valence-electron chi connectivity index (χ0n) is 24.9. The van der Waals surface area contributed by atoms with Crippen LogP contribution in [0, 0.1) is 5.82 Å². The number of carbonyl (C=O) groups excluding carboxylic acids is 2. The number of methoxy groups -OCH3 is 1. The Balaban J connectivity index is 1.31. The van der Waals surface area contributed by atoms with E-state index in [1.807, 2.05) is 0 Å². The van der Waals surface area contributed by atoms with E-state index < -0.39 is 47.1 Å². The minimum absolute atomic E-state index is 0.0145. The molecule has 1 aliphatic heterocycles. The van der Waals surface area contributed by atoms with Gasteiger partial charge in [0, 0.05) is 39.4 Å². The number of hydrogen-bond donors (Lipinski definition) is 3. The van der Waals surface area contributed by atoms with Crippen molar-refractivity contribution < 1.29 is 41.7 Å². The number of halogens is 4. The van der Waals surface area contributed by atoms with Gasteiger partial charge in [-0.1, -0.05) is 12.1 Å². The fourth-order valence-electron chi connectivity index (χ4n) is 5.78. The minimum Gasteiger partial charge on any atom is -0.489 e. The van der Waals surface area contributed by atoms with Crippen LogP contribution in [0.5, 0.6) is 11.6 Å². The number of aromatic nitrogens is 3. The molecule has 0 bridgehead atoms. The summed E-state index contributed by atoms with van der Waals surface area (Å²) in [5, 5.41) is 20.0. The second-order valence-electron chi connectivity index (χ2n) is 12.0. The van der Waals surface area contributed by atoms with Crippen molar-refractivity contribution in [2.45, 2.75) is 42.9 Å². The smallest absolute Gasteiger partial charge is 0.424 e. The molecule has 1 aromatic carbocycles. The number of primary amides is 1. The van der Waals surface area contributed by atoms with Crippen molar-refractivity contribution in [3.63, 3.8) is 0 Å². The third-order valence-corrected chi connectivity index (χ3v) is 9.84.